The Balaban J connectivity index is 1.93. The number of hydrogen-bond donors (Lipinski definition) is 1. The van der Waals surface area contributed by atoms with Gasteiger partial charge < -0.3 is 10.5 Å². The second-order valence-corrected chi connectivity index (χ2v) is 5.95. The normalized spacial score (nSPS) is 10.9. The minimum atomic E-state index is -0.519. The largest absolute Gasteiger partial charge is 0.619 e. The zero-order valence-electron chi connectivity index (χ0n) is 14.3. The molecule has 0 radical (unpaired) electrons. The maximum Gasteiger partial charge on any atom is 0.191 e. The number of pyridine rings is 1. The molecule has 0 spiro atoms. The summed E-state index contributed by atoms with van der Waals surface area (Å²) in [6.07, 6.45) is 2.74. The van der Waals surface area contributed by atoms with E-state index in [1.165, 1.54) is 12.4 Å². The highest BCUT2D eigenvalue weighted by atomic mass is 19.1. The van der Waals surface area contributed by atoms with E-state index in [9.17, 15) is 14.0 Å². The molecular weight excluding hydrogens is 350 g/mol. The van der Waals surface area contributed by atoms with Crippen molar-refractivity contribution in [3.63, 3.8) is 0 Å². The molecule has 4 aromatic rings. The van der Waals surface area contributed by atoms with Crippen molar-refractivity contribution in [2.24, 2.45) is 0 Å². The Bertz CT molecular complexity index is 1160. The lowest BCUT2D eigenvalue weighted by atomic mass is 10.0. The smallest absolute Gasteiger partial charge is 0.191 e. The predicted octanol–water partition coefficient (Wildman–Crippen LogP) is 3.92. The molecule has 2 aromatic heterocycles. The molecule has 0 aliphatic heterocycles. The molecule has 0 fully saturated rings. The van der Waals surface area contributed by atoms with E-state index in [-0.39, 0.29) is 5.56 Å². The SMILES string of the molecule is CNc1nc(-c2ccc[n+]([O-])c2)nc2cc(-c3cc(F)ccc3F)ccc12. The molecule has 5 nitrogen and oxygen atoms in total. The summed E-state index contributed by atoms with van der Waals surface area (Å²) in [5.74, 6) is -0.110. The number of benzene rings is 2. The summed E-state index contributed by atoms with van der Waals surface area (Å²) in [4.78, 5) is 8.97. The van der Waals surface area contributed by atoms with Gasteiger partial charge in [-0.05, 0) is 42.0 Å². The summed E-state index contributed by atoms with van der Waals surface area (Å²) >= 11 is 0. The number of rotatable bonds is 3. The highest BCUT2D eigenvalue weighted by Gasteiger charge is 2.13. The fourth-order valence-corrected chi connectivity index (χ4v) is 2.92. The van der Waals surface area contributed by atoms with E-state index in [0.717, 1.165) is 23.6 Å². The molecule has 0 bridgehead atoms. The fourth-order valence-electron chi connectivity index (χ4n) is 2.92. The van der Waals surface area contributed by atoms with Crippen molar-refractivity contribution < 1.29 is 13.5 Å². The summed E-state index contributed by atoms with van der Waals surface area (Å²) in [6, 6.07) is 11.8. The molecule has 7 heteroatoms. The van der Waals surface area contributed by atoms with Gasteiger partial charge in [0.2, 0.25) is 0 Å². The average Bonchev–Trinajstić information content (AvgIpc) is 2.68. The van der Waals surface area contributed by atoms with Gasteiger partial charge in [-0.15, -0.1) is 0 Å². The van der Waals surface area contributed by atoms with Crippen molar-refractivity contribution in [2.75, 3.05) is 12.4 Å². The molecular formula is C20H14F2N4O. The first-order chi connectivity index (χ1) is 13.0. The predicted molar refractivity (Wildman–Crippen MR) is 98.8 cm³/mol. The van der Waals surface area contributed by atoms with Gasteiger partial charge in [-0.2, -0.15) is 4.73 Å². The number of fused-ring (bicyclic) bond motifs is 1. The van der Waals surface area contributed by atoms with Crippen LogP contribution in [-0.4, -0.2) is 17.0 Å². The maximum absolute atomic E-state index is 14.1. The molecule has 2 aromatic carbocycles. The van der Waals surface area contributed by atoms with Crippen LogP contribution < -0.4 is 10.0 Å². The number of halogens is 2. The van der Waals surface area contributed by atoms with Crippen molar-refractivity contribution >= 4 is 16.7 Å². The van der Waals surface area contributed by atoms with Gasteiger partial charge >= 0.3 is 0 Å². The molecule has 0 amide bonds. The Morgan fingerprint density at radius 2 is 1.85 bits per heavy atom. The molecule has 4 rings (SSSR count). The lowest BCUT2D eigenvalue weighted by Crippen LogP contribution is -2.24. The van der Waals surface area contributed by atoms with E-state index in [2.05, 4.69) is 15.3 Å². The van der Waals surface area contributed by atoms with Crippen LogP contribution in [0.3, 0.4) is 0 Å². The van der Waals surface area contributed by atoms with E-state index in [1.54, 1.807) is 37.4 Å². The first-order valence-corrected chi connectivity index (χ1v) is 8.19. The summed E-state index contributed by atoms with van der Waals surface area (Å²) in [5, 5.41) is 15.3. The van der Waals surface area contributed by atoms with Crippen LogP contribution in [0, 0.1) is 16.8 Å². The van der Waals surface area contributed by atoms with Crippen LogP contribution in [-0.2, 0) is 0 Å². The Morgan fingerprint density at radius 3 is 2.63 bits per heavy atom. The highest BCUT2D eigenvalue weighted by Crippen LogP contribution is 2.30. The highest BCUT2D eigenvalue weighted by molar-refractivity contribution is 5.93. The molecule has 0 saturated carbocycles. The second kappa shape index (κ2) is 6.60. The standard InChI is InChI=1S/C20H14F2N4O/c1-23-20-15-6-4-12(16-10-14(21)5-7-17(16)22)9-18(15)24-19(25-20)13-3-2-8-26(27)11-13/h2-11H,1H3,(H,23,24,25). The number of nitrogens with zero attached hydrogens (tertiary/aromatic N) is 3. The van der Waals surface area contributed by atoms with Crippen LogP contribution in [0.25, 0.3) is 33.4 Å². The molecule has 0 unspecified atom stereocenters. The van der Waals surface area contributed by atoms with Crippen molar-refractivity contribution in [1.82, 2.24) is 9.97 Å². The lowest BCUT2D eigenvalue weighted by Gasteiger charge is -2.10. The molecule has 1 N–H and O–H groups in total. The van der Waals surface area contributed by atoms with E-state index in [4.69, 9.17) is 0 Å². The van der Waals surface area contributed by atoms with Crippen LogP contribution in [0.5, 0.6) is 0 Å². The van der Waals surface area contributed by atoms with Crippen LogP contribution >= 0.6 is 0 Å². The Labute approximate surface area is 153 Å². The number of aromatic nitrogens is 3. The monoisotopic (exact) mass is 364 g/mol. The van der Waals surface area contributed by atoms with Gasteiger partial charge in [0, 0.05) is 24.1 Å². The van der Waals surface area contributed by atoms with Gasteiger partial charge in [0.1, 0.15) is 17.5 Å². The van der Waals surface area contributed by atoms with E-state index >= 15 is 0 Å². The quantitative estimate of drug-likeness (QED) is 0.442. The third-order valence-electron chi connectivity index (χ3n) is 4.21. The topological polar surface area (TPSA) is 64.8 Å². The van der Waals surface area contributed by atoms with Crippen molar-refractivity contribution in [3.8, 4) is 22.5 Å². The summed E-state index contributed by atoms with van der Waals surface area (Å²) in [5.41, 5.74) is 1.75. The zero-order chi connectivity index (χ0) is 19.0. The van der Waals surface area contributed by atoms with E-state index < -0.39 is 11.6 Å². The Morgan fingerprint density at radius 1 is 1.00 bits per heavy atom. The minimum absolute atomic E-state index is 0.153. The minimum Gasteiger partial charge on any atom is -0.619 e. The van der Waals surface area contributed by atoms with Crippen LogP contribution in [0.4, 0.5) is 14.6 Å². The third-order valence-corrected chi connectivity index (χ3v) is 4.21. The van der Waals surface area contributed by atoms with Crippen LogP contribution in [0.1, 0.15) is 0 Å². The van der Waals surface area contributed by atoms with Gasteiger partial charge in [0.15, 0.2) is 18.2 Å². The van der Waals surface area contributed by atoms with Crippen LogP contribution in [0.2, 0.25) is 0 Å². The van der Waals surface area contributed by atoms with Crippen molar-refractivity contribution in [2.45, 2.75) is 0 Å². The van der Waals surface area contributed by atoms with Gasteiger partial charge in [0.25, 0.3) is 0 Å². The van der Waals surface area contributed by atoms with Crippen LogP contribution in [0.15, 0.2) is 60.9 Å². The lowest BCUT2D eigenvalue weighted by molar-refractivity contribution is -0.604. The van der Waals surface area contributed by atoms with Crippen molar-refractivity contribution in [1.29, 1.82) is 0 Å². The molecule has 0 aliphatic rings. The summed E-state index contributed by atoms with van der Waals surface area (Å²) in [6.45, 7) is 0. The number of anilines is 1. The summed E-state index contributed by atoms with van der Waals surface area (Å²) in [7, 11) is 1.73. The molecule has 27 heavy (non-hydrogen) atoms. The Kier molecular flexibility index (Phi) is 4.12. The average molecular weight is 364 g/mol. The van der Waals surface area contributed by atoms with Gasteiger partial charge in [0.05, 0.1) is 11.1 Å². The van der Waals surface area contributed by atoms with E-state index in [0.29, 0.717) is 33.0 Å². The van der Waals surface area contributed by atoms with Crippen molar-refractivity contribution in [3.05, 3.63) is 77.8 Å². The zero-order valence-corrected chi connectivity index (χ0v) is 14.3. The Hall–Kier alpha value is -3.61. The molecule has 0 saturated heterocycles. The van der Waals surface area contributed by atoms with Gasteiger partial charge in [-0.1, -0.05) is 6.07 Å². The molecule has 0 aliphatic carbocycles. The second-order valence-electron chi connectivity index (χ2n) is 5.95. The first-order valence-electron chi connectivity index (χ1n) is 8.19. The molecule has 2 heterocycles. The fraction of sp³-hybridized carbons (Fsp3) is 0.0500. The number of hydrogen-bond acceptors (Lipinski definition) is 4. The van der Waals surface area contributed by atoms with E-state index in [1.807, 2.05) is 0 Å². The van der Waals surface area contributed by atoms with Gasteiger partial charge in [-0.25, -0.2) is 18.7 Å². The van der Waals surface area contributed by atoms with Gasteiger partial charge in [-0.3, -0.25) is 0 Å². The summed E-state index contributed by atoms with van der Waals surface area (Å²) < 4.78 is 28.4. The third kappa shape index (κ3) is 3.15. The molecule has 0 atom stereocenters. The maximum atomic E-state index is 14.1. The molecule has 134 valence electrons. The first kappa shape index (κ1) is 16.8. The number of nitrogens with one attached hydrogen (secondary N) is 1.